The molecule has 88 valence electrons. The highest BCUT2D eigenvalue weighted by molar-refractivity contribution is 7.84. The van der Waals surface area contributed by atoms with Gasteiger partial charge in [0.1, 0.15) is 0 Å². The molecule has 0 amide bonds. The molecule has 0 bridgehead atoms. The van der Waals surface area contributed by atoms with Crippen molar-refractivity contribution in [3.8, 4) is 0 Å². The Hall–Kier alpha value is -0.670. The minimum absolute atomic E-state index is 0.144. The third-order valence-electron chi connectivity index (χ3n) is 3.02. The molecule has 2 atom stereocenters. The Morgan fingerprint density at radius 1 is 1.50 bits per heavy atom. The predicted molar refractivity (Wildman–Crippen MR) is 68.6 cm³/mol. The van der Waals surface area contributed by atoms with Gasteiger partial charge >= 0.3 is 0 Å². The van der Waals surface area contributed by atoms with Crippen molar-refractivity contribution in [2.75, 3.05) is 5.75 Å². The van der Waals surface area contributed by atoms with Crippen LogP contribution in [-0.4, -0.2) is 16.0 Å². The van der Waals surface area contributed by atoms with E-state index in [1.54, 1.807) is 0 Å². The Kier molecular flexibility index (Phi) is 3.77. The minimum Gasteiger partial charge on any atom is -0.327 e. The Morgan fingerprint density at radius 3 is 2.88 bits per heavy atom. The van der Waals surface area contributed by atoms with E-state index in [4.69, 9.17) is 5.73 Å². The lowest BCUT2D eigenvalue weighted by atomic mass is 10.2. The summed E-state index contributed by atoms with van der Waals surface area (Å²) in [5.74, 6) is 1.93. The van der Waals surface area contributed by atoms with Crippen molar-refractivity contribution >= 4 is 10.8 Å². The van der Waals surface area contributed by atoms with E-state index in [0.29, 0.717) is 17.4 Å². The van der Waals surface area contributed by atoms with E-state index in [0.717, 1.165) is 5.56 Å². The second kappa shape index (κ2) is 5.11. The van der Waals surface area contributed by atoms with Gasteiger partial charge in [-0.1, -0.05) is 29.8 Å². The summed E-state index contributed by atoms with van der Waals surface area (Å²) >= 11 is 0. The number of rotatable bonds is 5. The largest absolute Gasteiger partial charge is 0.327 e. The summed E-state index contributed by atoms with van der Waals surface area (Å²) in [6, 6.07) is 8.35. The van der Waals surface area contributed by atoms with Gasteiger partial charge in [0.25, 0.3) is 0 Å². The lowest BCUT2D eigenvalue weighted by Crippen LogP contribution is -2.29. The summed E-state index contributed by atoms with van der Waals surface area (Å²) in [4.78, 5) is 0. The van der Waals surface area contributed by atoms with Crippen molar-refractivity contribution in [2.45, 2.75) is 31.6 Å². The van der Waals surface area contributed by atoms with Gasteiger partial charge in [-0.05, 0) is 31.2 Å². The van der Waals surface area contributed by atoms with Crippen LogP contribution in [0.2, 0.25) is 0 Å². The first-order valence-corrected chi connectivity index (χ1v) is 7.30. The van der Waals surface area contributed by atoms with Crippen molar-refractivity contribution in [2.24, 2.45) is 11.7 Å². The highest BCUT2D eigenvalue weighted by atomic mass is 32.2. The normalized spacial score (nSPS) is 19.4. The number of hydrogen-bond donors (Lipinski definition) is 1. The topological polar surface area (TPSA) is 43.1 Å². The zero-order valence-corrected chi connectivity index (χ0v) is 10.5. The Balaban J connectivity index is 1.86. The monoisotopic (exact) mass is 237 g/mol. The summed E-state index contributed by atoms with van der Waals surface area (Å²) in [5, 5.41) is 0. The van der Waals surface area contributed by atoms with Crippen molar-refractivity contribution in [1.82, 2.24) is 0 Å². The third kappa shape index (κ3) is 3.42. The number of benzene rings is 1. The van der Waals surface area contributed by atoms with Crippen molar-refractivity contribution in [1.29, 1.82) is 0 Å². The molecule has 2 N–H and O–H groups in total. The molecule has 2 unspecified atom stereocenters. The number of aryl methyl sites for hydroxylation is 1. The molecule has 2 nitrogen and oxygen atoms in total. The van der Waals surface area contributed by atoms with Gasteiger partial charge in [-0.15, -0.1) is 0 Å². The first-order valence-electron chi connectivity index (χ1n) is 5.81. The molecule has 1 aliphatic carbocycles. The van der Waals surface area contributed by atoms with Gasteiger partial charge in [0.2, 0.25) is 0 Å². The van der Waals surface area contributed by atoms with Crippen LogP contribution >= 0.6 is 0 Å². The van der Waals surface area contributed by atoms with Gasteiger partial charge in [0.05, 0.1) is 0 Å². The smallest absolute Gasteiger partial charge is 0.0486 e. The Bertz CT molecular complexity index is 387. The van der Waals surface area contributed by atoms with Gasteiger partial charge < -0.3 is 5.73 Å². The van der Waals surface area contributed by atoms with E-state index in [2.05, 4.69) is 19.1 Å². The molecular formula is C13H19NOS. The van der Waals surface area contributed by atoms with E-state index in [1.165, 1.54) is 18.4 Å². The first kappa shape index (κ1) is 11.8. The maximum Gasteiger partial charge on any atom is 0.0486 e. The zero-order chi connectivity index (χ0) is 11.5. The molecule has 1 aromatic carbocycles. The summed E-state index contributed by atoms with van der Waals surface area (Å²) in [5.41, 5.74) is 8.35. The van der Waals surface area contributed by atoms with Crippen LogP contribution in [-0.2, 0) is 16.6 Å². The fourth-order valence-electron chi connectivity index (χ4n) is 1.92. The van der Waals surface area contributed by atoms with Crippen molar-refractivity contribution in [3.63, 3.8) is 0 Å². The maximum absolute atomic E-state index is 11.9. The average molecular weight is 237 g/mol. The van der Waals surface area contributed by atoms with E-state index in [1.807, 2.05) is 12.1 Å². The van der Waals surface area contributed by atoms with Crippen LogP contribution in [0.1, 0.15) is 24.0 Å². The maximum atomic E-state index is 11.9. The summed E-state index contributed by atoms with van der Waals surface area (Å²) in [7, 11) is -0.815. The summed E-state index contributed by atoms with van der Waals surface area (Å²) in [6.07, 6.45) is 2.45. The van der Waals surface area contributed by atoms with Gasteiger partial charge in [0.15, 0.2) is 0 Å². The Morgan fingerprint density at radius 2 is 2.25 bits per heavy atom. The molecule has 16 heavy (non-hydrogen) atoms. The number of nitrogens with two attached hydrogens (primary N) is 1. The predicted octanol–water partition coefficient (Wildman–Crippen LogP) is 1.98. The van der Waals surface area contributed by atoms with Crippen LogP contribution in [0.25, 0.3) is 0 Å². The first-order chi connectivity index (χ1) is 7.65. The fraction of sp³-hybridized carbons (Fsp3) is 0.538. The molecule has 0 aliphatic heterocycles. The summed E-state index contributed by atoms with van der Waals surface area (Å²) < 4.78 is 11.9. The Labute approximate surface area is 99.7 Å². The highest BCUT2D eigenvalue weighted by Crippen LogP contribution is 2.31. The van der Waals surface area contributed by atoms with E-state index >= 15 is 0 Å². The molecule has 0 saturated heterocycles. The van der Waals surface area contributed by atoms with Crippen LogP contribution < -0.4 is 5.73 Å². The molecule has 1 aromatic rings. The molecule has 2 rings (SSSR count). The molecule has 1 saturated carbocycles. The molecule has 1 fully saturated rings. The minimum atomic E-state index is -0.815. The molecule has 0 spiro atoms. The lowest BCUT2D eigenvalue weighted by molar-refractivity contribution is 0.634. The van der Waals surface area contributed by atoms with Crippen LogP contribution in [0.15, 0.2) is 24.3 Å². The van der Waals surface area contributed by atoms with Gasteiger partial charge in [-0.25, -0.2) is 0 Å². The summed E-state index contributed by atoms with van der Waals surface area (Å²) in [6.45, 7) is 2.06. The lowest BCUT2D eigenvalue weighted by Gasteiger charge is -2.09. The molecule has 1 aliphatic rings. The molecule has 0 aromatic heterocycles. The van der Waals surface area contributed by atoms with E-state index in [9.17, 15) is 4.21 Å². The standard InChI is InChI=1S/C13H19NOS/c1-10-3-2-4-11(7-10)8-16(15)9-13(14)12-5-6-12/h2-4,7,12-13H,5-6,8-9,14H2,1H3. The average Bonchev–Trinajstić information content (AvgIpc) is 2.99. The van der Waals surface area contributed by atoms with Crippen molar-refractivity contribution in [3.05, 3.63) is 35.4 Å². The van der Waals surface area contributed by atoms with Crippen molar-refractivity contribution < 1.29 is 4.21 Å². The zero-order valence-electron chi connectivity index (χ0n) is 9.69. The number of hydrogen-bond acceptors (Lipinski definition) is 2. The van der Waals surface area contributed by atoms with Crippen LogP contribution in [0, 0.1) is 12.8 Å². The van der Waals surface area contributed by atoms with Crippen LogP contribution in [0.3, 0.4) is 0 Å². The SMILES string of the molecule is Cc1cccc(CS(=O)CC(N)C2CC2)c1. The van der Waals surface area contributed by atoms with E-state index < -0.39 is 10.8 Å². The third-order valence-corrected chi connectivity index (χ3v) is 4.43. The second-order valence-corrected chi connectivity index (χ2v) is 6.24. The highest BCUT2D eigenvalue weighted by Gasteiger charge is 2.29. The van der Waals surface area contributed by atoms with Gasteiger partial charge in [-0.3, -0.25) is 4.21 Å². The molecule has 3 heteroatoms. The second-order valence-electron chi connectivity index (χ2n) is 4.74. The quantitative estimate of drug-likeness (QED) is 0.851. The van der Waals surface area contributed by atoms with Gasteiger partial charge in [0, 0.05) is 28.3 Å². The van der Waals surface area contributed by atoms with Gasteiger partial charge in [-0.2, -0.15) is 0 Å². The molecule has 0 heterocycles. The fourth-order valence-corrected chi connectivity index (χ4v) is 3.29. The molecule has 0 radical (unpaired) electrons. The molecular weight excluding hydrogens is 218 g/mol. The van der Waals surface area contributed by atoms with Crippen LogP contribution in [0.4, 0.5) is 0 Å². The van der Waals surface area contributed by atoms with E-state index in [-0.39, 0.29) is 6.04 Å². The van der Waals surface area contributed by atoms with Crippen LogP contribution in [0.5, 0.6) is 0 Å².